The Morgan fingerprint density at radius 1 is 1.04 bits per heavy atom. The summed E-state index contributed by atoms with van der Waals surface area (Å²) in [6.45, 7) is 2.65. The van der Waals surface area contributed by atoms with Gasteiger partial charge in [0, 0.05) is 37.0 Å². The zero-order valence-electron chi connectivity index (χ0n) is 16.2. The number of nitrogens with zero attached hydrogens (tertiary/aromatic N) is 4. The molecule has 1 atom stereocenters. The third-order valence-electron chi connectivity index (χ3n) is 6.77. The van der Waals surface area contributed by atoms with Crippen LogP contribution in [-0.4, -0.2) is 38.7 Å². The number of halogens is 1. The maximum atomic E-state index is 13.5. The molecular weight excluding hydrogens is 372 g/mol. The van der Waals surface area contributed by atoms with E-state index in [0.717, 1.165) is 74.0 Å². The Morgan fingerprint density at radius 3 is 2.64 bits per heavy atom. The Hall–Kier alpha value is -1.88. The van der Waals surface area contributed by atoms with Crippen LogP contribution < -0.4 is 0 Å². The van der Waals surface area contributed by atoms with E-state index in [-0.39, 0.29) is 11.3 Å². The van der Waals surface area contributed by atoms with Crippen LogP contribution in [0.4, 0.5) is 0 Å². The van der Waals surface area contributed by atoms with Crippen LogP contribution in [0.15, 0.2) is 24.3 Å². The van der Waals surface area contributed by atoms with Gasteiger partial charge in [-0.05, 0) is 56.2 Å². The van der Waals surface area contributed by atoms with Gasteiger partial charge in [-0.3, -0.25) is 4.79 Å². The number of amides is 1. The van der Waals surface area contributed by atoms with Crippen LogP contribution in [-0.2, 0) is 23.2 Å². The first kappa shape index (κ1) is 18.2. The van der Waals surface area contributed by atoms with Gasteiger partial charge in [-0.25, -0.2) is 0 Å². The quantitative estimate of drug-likeness (QED) is 0.782. The normalized spacial score (nSPS) is 23.8. The van der Waals surface area contributed by atoms with Gasteiger partial charge in [0.05, 0.1) is 5.41 Å². The highest BCUT2D eigenvalue weighted by molar-refractivity contribution is 6.30. The summed E-state index contributed by atoms with van der Waals surface area (Å²) < 4.78 is 2.34. The van der Waals surface area contributed by atoms with E-state index in [4.69, 9.17) is 11.6 Å². The average Bonchev–Trinajstić information content (AvgIpc) is 3.48. The maximum absolute atomic E-state index is 13.5. The molecule has 1 aliphatic carbocycles. The van der Waals surface area contributed by atoms with E-state index >= 15 is 0 Å². The average molecular weight is 399 g/mol. The number of fused-ring (bicyclic) bond motifs is 1. The summed E-state index contributed by atoms with van der Waals surface area (Å²) in [6.07, 6.45) is 8.71. The van der Waals surface area contributed by atoms with E-state index in [1.54, 1.807) is 0 Å². The van der Waals surface area contributed by atoms with Crippen molar-refractivity contribution < 1.29 is 4.79 Å². The summed E-state index contributed by atoms with van der Waals surface area (Å²) in [5, 5.41) is 9.76. The Morgan fingerprint density at radius 2 is 1.86 bits per heavy atom. The van der Waals surface area contributed by atoms with Crippen LogP contribution in [0.1, 0.15) is 68.1 Å². The molecule has 1 amide bonds. The number of aromatic nitrogens is 3. The number of aryl methyl sites for hydroxylation is 1. The lowest BCUT2D eigenvalue weighted by atomic mass is 9.91. The van der Waals surface area contributed by atoms with Gasteiger partial charge < -0.3 is 9.47 Å². The van der Waals surface area contributed by atoms with Gasteiger partial charge >= 0.3 is 0 Å². The fourth-order valence-electron chi connectivity index (χ4n) is 5.00. The third kappa shape index (κ3) is 3.14. The summed E-state index contributed by atoms with van der Waals surface area (Å²) in [7, 11) is 0. The van der Waals surface area contributed by atoms with Crippen LogP contribution in [0.3, 0.4) is 0 Å². The number of rotatable bonds is 3. The second-order valence-electron chi connectivity index (χ2n) is 8.62. The lowest BCUT2D eigenvalue weighted by molar-refractivity contribution is -0.135. The minimum Gasteiger partial charge on any atom is -0.341 e. The van der Waals surface area contributed by atoms with Crippen molar-refractivity contribution in [3.63, 3.8) is 0 Å². The molecular formula is C22H27ClN4O. The number of hydrogen-bond donors (Lipinski definition) is 0. The van der Waals surface area contributed by atoms with Crippen LogP contribution in [0.2, 0.25) is 5.02 Å². The summed E-state index contributed by atoms with van der Waals surface area (Å²) in [5.41, 5.74) is 0.786. The molecule has 0 bridgehead atoms. The van der Waals surface area contributed by atoms with Gasteiger partial charge in [0.1, 0.15) is 11.6 Å². The molecule has 1 saturated heterocycles. The smallest absolute Gasteiger partial charge is 0.233 e. The SMILES string of the molecule is O=C(N1CCCC(c2nnc3n2CCCCC3)C1)C1(c2ccc(Cl)cc2)CC1. The fourth-order valence-corrected chi connectivity index (χ4v) is 5.13. The number of likely N-dealkylation sites (tertiary alicyclic amines) is 1. The monoisotopic (exact) mass is 398 g/mol. The molecule has 2 fully saturated rings. The molecule has 148 valence electrons. The summed E-state index contributed by atoms with van der Waals surface area (Å²) in [5.74, 6) is 2.83. The second kappa shape index (κ2) is 7.18. The van der Waals surface area contributed by atoms with Crippen LogP contribution >= 0.6 is 11.6 Å². The Kier molecular flexibility index (Phi) is 4.66. The number of piperidine rings is 1. The molecule has 0 radical (unpaired) electrons. The summed E-state index contributed by atoms with van der Waals surface area (Å²) in [4.78, 5) is 15.6. The summed E-state index contributed by atoms with van der Waals surface area (Å²) in [6, 6.07) is 7.84. The van der Waals surface area contributed by atoms with E-state index < -0.39 is 0 Å². The van der Waals surface area contributed by atoms with Gasteiger partial charge in [0.2, 0.25) is 5.91 Å². The van der Waals surface area contributed by atoms with Crippen LogP contribution in [0.25, 0.3) is 0 Å². The first-order valence-electron chi connectivity index (χ1n) is 10.6. The lowest BCUT2D eigenvalue weighted by Crippen LogP contribution is -2.45. The van der Waals surface area contributed by atoms with Crippen molar-refractivity contribution in [2.45, 2.75) is 69.2 Å². The standard InChI is InChI=1S/C22H27ClN4O/c23-18-9-7-17(8-10-18)22(11-12-22)21(28)26-13-4-5-16(15-26)20-25-24-19-6-2-1-3-14-27(19)20/h7-10,16H,1-6,11-15H2. The zero-order chi connectivity index (χ0) is 19.1. The Bertz CT molecular complexity index is 871. The molecule has 6 heteroatoms. The molecule has 1 aromatic heterocycles. The van der Waals surface area contributed by atoms with Crippen LogP contribution in [0, 0.1) is 0 Å². The molecule has 0 spiro atoms. The van der Waals surface area contributed by atoms with Crippen molar-refractivity contribution in [1.29, 1.82) is 0 Å². The minimum atomic E-state index is -0.325. The molecule has 2 aliphatic heterocycles. The zero-order valence-corrected chi connectivity index (χ0v) is 17.0. The molecule has 1 saturated carbocycles. The van der Waals surface area contributed by atoms with E-state index in [2.05, 4.69) is 19.7 Å². The van der Waals surface area contributed by atoms with Crippen molar-refractivity contribution in [2.75, 3.05) is 13.1 Å². The van der Waals surface area contributed by atoms with Gasteiger partial charge in [-0.15, -0.1) is 10.2 Å². The molecule has 5 rings (SSSR count). The van der Waals surface area contributed by atoms with Crippen molar-refractivity contribution in [2.24, 2.45) is 0 Å². The maximum Gasteiger partial charge on any atom is 0.233 e. The molecule has 28 heavy (non-hydrogen) atoms. The second-order valence-corrected chi connectivity index (χ2v) is 9.05. The topological polar surface area (TPSA) is 51.0 Å². The number of hydrogen-bond acceptors (Lipinski definition) is 3. The van der Waals surface area contributed by atoms with Crippen LogP contribution in [0.5, 0.6) is 0 Å². The van der Waals surface area contributed by atoms with Gasteiger partial charge in [-0.2, -0.15) is 0 Å². The molecule has 1 aromatic carbocycles. The fraction of sp³-hybridized carbons (Fsp3) is 0.591. The van der Waals surface area contributed by atoms with Crippen molar-refractivity contribution in [3.8, 4) is 0 Å². The first-order chi connectivity index (χ1) is 13.7. The molecule has 3 aliphatic rings. The molecule has 0 N–H and O–H groups in total. The lowest BCUT2D eigenvalue weighted by Gasteiger charge is -2.35. The van der Waals surface area contributed by atoms with E-state index in [1.165, 1.54) is 19.3 Å². The Labute approximate surface area is 171 Å². The first-order valence-corrected chi connectivity index (χ1v) is 11.0. The van der Waals surface area contributed by atoms with Gasteiger partial charge in [0.25, 0.3) is 0 Å². The van der Waals surface area contributed by atoms with Crippen molar-refractivity contribution in [1.82, 2.24) is 19.7 Å². The van der Waals surface area contributed by atoms with E-state index in [0.29, 0.717) is 5.92 Å². The third-order valence-corrected chi connectivity index (χ3v) is 7.02. The van der Waals surface area contributed by atoms with E-state index in [9.17, 15) is 4.79 Å². The van der Waals surface area contributed by atoms with Crippen molar-refractivity contribution >= 4 is 17.5 Å². The van der Waals surface area contributed by atoms with E-state index in [1.807, 2.05) is 24.3 Å². The summed E-state index contributed by atoms with van der Waals surface area (Å²) >= 11 is 6.05. The largest absolute Gasteiger partial charge is 0.341 e. The molecule has 5 nitrogen and oxygen atoms in total. The number of benzene rings is 1. The highest BCUT2D eigenvalue weighted by Gasteiger charge is 2.53. The predicted octanol–water partition coefficient (Wildman–Crippen LogP) is 4.10. The van der Waals surface area contributed by atoms with Gasteiger partial charge in [-0.1, -0.05) is 30.2 Å². The predicted molar refractivity (Wildman–Crippen MR) is 108 cm³/mol. The Balaban J connectivity index is 1.36. The number of carbonyl (C=O) groups excluding carboxylic acids is 1. The van der Waals surface area contributed by atoms with Gasteiger partial charge in [0.15, 0.2) is 0 Å². The number of carbonyl (C=O) groups is 1. The highest BCUT2D eigenvalue weighted by Crippen LogP contribution is 2.50. The molecule has 1 unspecified atom stereocenters. The minimum absolute atomic E-state index is 0.287. The highest BCUT2D eigenvalue weighted by atomic mass is 35.5. The molecule has 2 aromatic rings. The molecule has 3 heterocycles. The van der Waals surface area contributed by atoms with Crippen molar-refractivity contribution in [3.05, 3.63) is 46.5 Å².